The minimum Gasteiger partial charge on any atom is -0.490 e. The highest BCUT2D eigenvalue weighted by Gasteiger charge is 2.15. The van der Waals surface area contributed by atoms with Gasteiger partial charge in [-0.1, -0.05) is 32.0 Å². The number of nitrogens with one attached hydrogen (secondary N) is 1. The Bertz CT molecular complexity index is 381. The fourth-order valence-electron chi connectivity index (χ4n) is 1.62. The third-order valence-electron chi connectivity index (χ3n) is 2.56. The molecule has 0 saturated carbocycles. The molecule has 2 N–H and O–H groups in total. The van der Waals surface area contributed by atoms with Crippen LogP contribution in [-0.2, 0) is 6.54 Å². The Morgan fingerprint density at radius 1 is 1.33 bits per heavy atom. The van der Waals surface area contributed by atoms with Gasteiger partial charge in [0, 0.05) is 18.2 Å². The van der Waals surface area contributed by atoms with Crippen LogP contribution in [-0.4, -0.2) is 23.4 Å². The maximum absolute atomic E-state index is 9.74. The number of aliphatic hydroxyl groups is 1. The molecule has 0 unspecified atom stereocenters. The van der Waals surface area contributed by atoms with Crippen molar-refractivity contribution in [3.05, 3.63) is 29.3 Å². The van der Waals surface area contributed by atoms with E-state index in [-0.39, 0.29) is 0 Å². The topological polar surface area (TPSA) is 41.5 Å². The van der Waals surface area contributed by atoms with Crippen LogP contribution in [0.2, 0.25) is 0 Å². The van der Waals surface area contributed by atoms with Gasteiger partial charge in [-0.3, -0.25) is 0 Å². The van der Waals surface area contributed by atoms with Gasteiger partial charge in [-0.05, 0) is 26.3 Å². The number of benzene rings is 1. The number of para-hydroxylation sites is 1. The molecule has 3 heteroatoms. The molecule has 0 fully saturated rings. The van der Waals surface area contributed by atoms with Gasteiger partial charge in [0.25, 0.3) is 0 Å². The molecule has 0 saturated heterocycles. The molecule has 1 aromatic rings. The first-order chi connectivity index (χ1) is 8.29. The molecule has 102 valence electrons. The standard InChI is InChI=1S/C15H25NO2/c1-11(2)16-9-13-8-6-7-12(3)14(13)18-10-15(4,5)17/h6-8,11,16-17H,9-10H2,1-5H3. The Morgan fingerprint density at radius 3 is 2.56 bits per heavy atom. The van der Waals surface area contributed by atoms with Crippen LogP contribution in [0.1, 0.15) is 38.8 Å². The van der Waals surface area contributed by atoms with Gasteiger partial charge in [-0.15, -0.1) is 0 Å². The Kier molecular flexibility index (Phi) is 5.17. The van der Waals surface area contributed by atoms with E-state index in [4.69, 9.17) is 4.74 Å². The molecule has 1 rings (SSSR count). The van der Waals surface area contributed by atoms with Gasteiger partial charge in [-0.2, -0.15) is 0 Å². The summed E-state index contributed by atoms with van der Waals surface area (Å²) in [6.45, 7) is 10.8. The molecule has 18 heavy (non-hydrogen) atoms. The normalized spacial score (nSPS) is 11.9. The third-order valence-corrected chi connectivity index (χ3v) is 2.56. The van der Waals surface area contributed by atoms with Gasteiger partial charge in [0.2, 0.25) is 0 Å². The van der Waals surface area contributed by atoms with Gasteiger partial charge < -0.3 is 15.2 Å². The minimum absolute atomic E-state index is 0.298. The molecular formula is C15H25NO2. The van der Waals surface area contributed by atoms with Crippen molar-refractivity contribution in [3.63, 3.8) is 0 Å². The van der Waals surface area contributed by atoms with Crippen LogP contribution in [0.15, 0.2) is 18.2 Å². The minimum atomic E-state index is -0.814. The third kappa shape index (κ3) is 5.07. The van der Waals surface area contributed by atoms with Crippen LogP contribution < -0.4 is 10.1 Å². The molecule has 0 aliphatic rings. The second-order valence-electron chi connectivity index (χ2n) is 5.70. The molecule has 0 radical (unpaired) electrons. The molecule has 0 aliphatic heterocycles. The van der Waals surface area contributed by atoms with Crippen molar-refractivity contribution in [3.8, 4) is 5.75 Å². The van der Waals surface area contributed by atoms with E-state index in [1.165, 1.54) is 0 Å². The Hall–Kier alpha value is -1.06. The van der Waals surface area contributed by atoms with Gasteiger partial charge in [-0.25, -0.2) is 0 Å². The van der Waals surface area contributed by atoms with E-state index in [1.54, 1.807) is 13.8 Å². The van der Waals surface area contributed by atoms with E-state index in [1.807, 2.05) is 19.1 Å². The van der Waals surface area contributed by atoms with E-state index in [0.29, 0.717) is 12.6 Å². The highest BCUT2D eigenvalue weighted by molar-refractivity contribution is 5.40. The lowest BCUT2D eigenvalue weighted by Gasteiger charge is -2.21. The van der Waals surface area contributed by atoms with Crippen molar-refractivity contribution in [2.75, 3.05) is 6.61 Å². The Balaban J connectivity index is 2.80. The molecule has 3 nitrogen and oxygen atoms in total. The van der Waals surface area contributed by atoms with Crippen LogP contribution in [0.5, 0.6) is 5.75 Å². The SMILES string of the molecule is Cc1cccc(CNC(C)C)c1OCC(C)(C)O. The van der Waals surface area contributed by atoms with Gasteiger partial charge in [0.15, 0.2) is 0 Å². The van der Waals surface area contributed by atoms with Gasteiger partial charge in [0.05, 0.1) is 5.60 Å². The van der Waals surface area contributed by atoms with Crippen molar-refractivity contribution >= 4 is 0 Å². The zero-order valence-electron chi connectivity index (χ0n) is 12.1. The molecule has 1 aromatic carbocycles. The summed E-state index contributed by atoms with van der Waals surface area (Å²) in [6, 6.07) is 6.55. The van der Waals surface area contributed by atoms with Gasteiger partial charge in [0.1, 0.15) is 12.4 Å². The first-order valence-electron chi connectivity index (χ1n) is 6.46. The van der Waals surface area contributed by atoms with Crippen LogP contribution >= 0.6 is 0 Å². The maximum atomic E-state index is 9.74. The molecule has 0 atom stereocenters. The van der Waals surface area contributed by atoms with Crippen molar-refractivity contribution < 1.29 is 9.84 Å². The average Bonchev–Trinajstić information content (AvgIpc) is 2.23. The summed E-state index contributed by atoms with van der Waals surface area (Å²) in [5, 5.41) is 13.1. The highest BCUT2D eigenvalue weighted by Crippen LogP contribution is 2.24. The van der Waals surface area contributed by atoms with Crippen molar-refractivity contribution in [2.45, 2.75) is 52.8 Å². The van der Waals surface area contributed by atoms with Crippen molar-refractivity contribution in [1.82, 2.24) is 5.32 Å². The first kappa shape index (κ1) is 15.0. The van der Waals surface area contributed by atoms with Crippen LogP contribution in [0, 0.1) is 6.92 Å². The quantitative estimate of drug-likeness (QED) is 0.816. The van der Waals surface area contributed by atoms with Crippen LogP contribution in [0.25, 0.3) is 0 Å². The van der Waals surface area contributed by atoms with E-state index >= 15 is 0 Å². The summed E-state index contributed by atoms with van der Waals surface area (Å²) >= 11 is 0. The smallest absolute Gasteiger partial charge is 0.126 e. The lowest BCUT2D eigenvalue weighted by molar-refractivity contribution is 0.0279. The lowest BCUT2D eigenvalue weighted by atomic mass is 10.1. The average molecular weight is 251 g/mol. The Morgan fingerprint density at radius 2 is 2.00 bits per heavy atom. The number of hydrogen-bond acceptors (Lipinski definition) is 3. The predicted molar refractivity (Wildman–Crippen MR) is 74.9 cm³/mol. The molecule has 0 spiro atoms. The van der Waals surface area contributed by atoms with Crippen LogP contribution in [0.3, 0.4) is 0 Å². The van der Waals surface area contributed by atoms with E-state index in [2.05, 4.69) is 25.2 Å². The zero-order chi connectivity index (χ0) is 13.8. The number of hydrogen-bond donors (Lipinski definition) is 2. The highest BCUT2D eigenvalue weighted by atomic mass is 16.5. The summed E-state index contributed by atoms with van der Waals surface area (Å²) in [7, 11) is 0. The van der Waals surface area contributed by atoms with E-state index in [9.17, 15) is 5.11 Å². The molecule has 0 heterocycles. The fourth-order valence-corrected chi connectivity index (χ4v) is 1.62. The van der Waals surface area contributed by atoms with E-state index in [0.717, 1.165) is 23.4 Å². The summed E-state index contributed by atoms with van der Waals surface area (Å²) in [4.78, 5) is 0. The predicted octanol–water partition coefficient (Wildman–Crippen LogP) is 2.64. The first-order valence-corrected chi connectivity index (χ1v) is 6.46. The monoisotopic (exact) mass is 251 g/mol. The number of rotatable bonds is 6. The van der Waals surface area contributed by atoms with Crippen molar-refractivity contribution in [2.24, 2.45) is 0 Å². The number of aryl methyl sites for hydroxylation is 1. The summed E-state index contributed by atoms with van der Waals surface area (Å²) < 4.78 is 5.77. The lowest BCUT2D eigenvalue weighted by Crippen LogP contribution is -2.29. The van der Waals surface area contributed by atoms with Crippen molar-refractivity contribution in [1.29, 1.82) is 0 Å². The molecule has 0 aliphatic carbocycles. The summed E-state index contributed by atoms with van der Waals surface area (Å²) in [5.41, 5.74) is 1.42. The molecule has 0 aromatic heterocycles. The van der Waals surface area contributed by atoms with E-state index < -0.39 is 5.60 Å². The largest absolute Gasteiger partial charge is 0.490 e. The number of ether oxygens (including phenoxy) is 1. The molecular weight excluding hydrogens is 226 g/mol. The zero-order valence-corrected chi connectivity index (χ0v) is 12.1. The molecule has 0 amide bonds. The summed E-state index contributed by atoms with van der Waals surface area (Å²) in [5.74, 6) is 0.882. The second kappa shape index (κ2) is 6.21. The maximum Gasteiger partial charge on any atom is 0.126 e. The molecule has 0 bridgehead atoms. The fraction of sp³-hybridized carbons (Fsp3) is 0.600. The Labute approximate surface area is 110 Å². The van der Waals surface area contributed by atoms with Crippen LogP contribution in [0.4, 0.5) is 0 Å². The second-order valence-corrected chi connectivity index (χ2v) is 5.70. The van der Waals surface area contributed by atoms with Gasteiger partial charge >= 0.3 is 0 Å². The summed E-state index contributed by atoms with van der Waals surface area (Å²) in [6.07, 6.45) is 0.